The molecule has 0 aromatic heterocycles. The molecule has 19 heavy (non-hydrogen) atoms. The number of carbonyl (C=O) groups excluding carboxylic acids is 2. The Hall–Kier alpha value is -0.0000000000000000763. The van der Waals surface area contributed by atoms with Gasteiger partial charge in [0.05, 0.1) is 11.5 Å². The van der Waals surface area contributed by atoms with Crippen molar-refractivity contribution in [3.63, 3.8) is 0 Å². The number of rotatable bonds is 10. The molecule has 3 nitrogen and oxygen atoms in total. The third-order valence-corrected chi connectivity index (χ3v) is 4.56. The molecule has 1 N–H and O–H groups in total. The summed E-state index contributed by atoms with van der Waals surface area (Å²) < 4.78 is 0. The fraction of sp³-hybridized carbons (Fsp3) is 0.857. The standard InChI is InChI=1S/C14H27NO2S2/c1-11(16)8-18-7-6-13(15-14(3,4)5)10-19-9-12(2)17/h13,15H,6-10H2,1-5H3. The summed E-state index contributed by atoms with van der Waals surface area (Å²) in [4.78, 5) is 21.8. The first-order valence-corrected chi connectivity index (χ1v) is 8.93. The lowest BCUT2D eigenvalue weighted by Crippen LogP contribution is -2.45. The lowest BCUT2D eigenvalue weighted by Gasteiger charge is -2.28. The van der Waals surface area contributed by atoms with Crippen molar-refractivity contribution in [3.05, 3.63) is 0 Å². The number of hydrogen-bond acceptors (Lipinski definition) is 5. The van der Waals surface area contributed by atoms with Gasteiger partial charge in [0.25, 0.3) is 0 Å². The maximum Gasteiger partial charge on any atom is 0.139 e. The van der Waals surface area contributed by atoms with Gasteiger partial charge in [-0.2, -0.15) is 23.5 Å². The monoisotopic (exact) mass is 305 g/mol. The van der Waals surface area contributed by atoms with Crippen molar-refractivity contribution < 1.29 is 9.59 Å². The van der Waals surface area contributed by atoms with Gasteiger partial charge in [0.1, 0.15) is 11.6 Å². The number of hydrogen-bond donors (Lipinski definition) is 1. The number of ketones is 2. The second-order valence-corrected chi connectivity index (χ2v) is 7.99. The van der Waals surface area contributed by atoms with E-state index in [4.69, 9.17) is 0 Å². The molecule has 5 heteroatoms. The Morgan fingerprint density at radius 2 is 1.58 bits per heavy atom. The lowest BCUT2D eigenvalue weighted by atomic mass is 10.1. The van der Waals surface area contributed by atoms with Crippen molar-refractivity contribution in [2.75, 3.05) is 23.0 Å². The van der Waals surface area contributed by atoms with E-state index in [1.54, 1.807) is 37.4 Å². The Morgan fingerprint density at radius 3 is 2.05 bits per heavy atom. The van der Waals surface area contributed by atoms with Crippen molar-refractivity contribution >= 4 is 35.1 Å². The molecule has 0 heterocycles. The SMILES string of the molecule is CC(=O)CSCCC(CSCC(C)=O)NC(C)(C)C. The molecule has 0 aliphatic carbocycles. The Morgan fingerprint density at radius 1 is 1.05 bits per heavy atom. The zero-order chi connectivity index (χ0) is 14.9. The molecule has 0 aromatic rings. The van der Waals surface area contributed by atoms with Gasteiger partial charge in [0.15, 0.2) is 0 Å². The molecule has 0 radical (unpaired) electrons. The van der Waals surface area contributed by atoms with Gasteiger partial charge in [-0.3, -0.25) is 9.59 Å². The first-order valence-electron chi connectivity index (χ1n) is 6.63. The first kappa shape index (κ1) is 19.0. The van der Waals surface area contributed by atoms with Crippen LogP contribution in [0, 0.1) is 0 Å². The molecule has 0 aliphatic rings. The van der Waals surface area contributed by atoms with Gasteiger partial charge in [0, 0.05) is 17.3 Å². The Bertz CT molecular complexity index is 288. The minimum Gasteiger partial charge on any atom is -0.308 e. The summed E-state index contributed by atoms with van der Waals surface area (Å²) in [6, 6.07) is 0.392. The van der Waals surface area contributed by atoms with Crippen LogP contribution >= 0.6 is 23.5 Å². The van der Waals surface area contributed by atoms with E-state index in [2.05, 4.69) is 26.1 Å². The zero-order valence-corrected chi connectivity index (χ0v) is 14.4. The van der Waals surface area contributed by atoms with Gasteiger partial charge in [-0.25, -0.2) is 0 Å². The van der Waals surface area contributed by atoms with E-state index in [1.165, 1.54) is 0 Å². The van der Waals surface area contributed by atoms with Crippen LogP contribution in [-0.4, -0.2) is 46.2 Å². The van der Waals surface area contributed by atoms with Crippen LogP contribution in [0.25, 0.3) is 0 Å². The summed E-state index contributed by atoms with van der Waals surface area (Å²) in [6.45, 7) is 9.71. The summed E-state index contributed by atoms with van der Waals surface area (Å²) in [5, 5.41) is 3.59. The molecule has 0 saturated heterocycles. The Labute approximate surface area is 126 Å². The molecule has 1 unspecified atom stereocenters. The van der Waals surface area contributed by atoms with Gasteiger partial charge in [-0.1, -0.05) is 0 Å². The molecule has 0 spiro atoms. The molecule has 0 fully saturated rings. The number of Topliss-reactive ketones (excluding diaryl/α,β-unsaturated/α-hetero) is 2. The largest absolute Gasteiger partial charge is 0.308 e. The molecule has 0 rings (SSSR count). The summed E-state index contributed by atoms with van der Waals surface area (Å²) >= 11 is 3.38. The lowest BCUT2D eigenvalue weighted by molar-refractivity contribution is -0.115. The average molecular weight is 306 g/mol. The van der Waals surface area contributed by atoms with E-state index in [-0.39, 0.29) is 17.1 Å². The van der Waals surface area contributed by atoms with Crippen molar-refractivity contribution in [1.82, 2.24) is 5.32 Å². The van der Waals surface area contributed by atoms with Crippen LogP contribution in [-0.2, 0) is 9.59 Å². The van der Waals surface area contributed by atoms with E-state index in [0.717, 1.165) is 17.9 Å². The molecular weight excluding hydrogens is 278 g/mol. The van der Waals surface area contributed by atoms with Crippen LogP contribution in [0.5, 0.6) is 0 Å². The van der Waals surface area contributed by atoms with Crippen LogP contribution in [0.1, 0.15) is 41.0 Å². The second-order valence-electron chi connectivity index (χ2n) is 5.85. The molecule has 0 bridgehead atoms. The number of carbonyl (C=O) groups is 2. The predicted octanol–water partition coefficient (Wildman–Crippen LogP) is 2.78. The van der Waals surface area contributed by atoms with Crippen LogP contribution < -0.4 is 5.32 Å². The van der Waals surface area contributed by atoms with Gasteiger partial charge in [-0.05, 0) is 46.8 Å². The fourth-order valence-electron chi connectivity index (χ4n) is 1.60. The third kappa shape index (κ3) is 14.2. The second kappa shape index (κ2) is 9.83. The topological polar surface area (TPSA) is 46.2 Å². The smallest absolute Gasteiger partial charge is 0.139 e. The number of thioether (sulfide) groups is 2. The summed E-state index contributed by atoms with van der Waals surface area (Å²) in [6.07, 6.45) is 1.03. The zero-order valence-electron chi connectivity index (χ0n) is 12.7. The maximum absolute atomic E-state index is 11.0. The van der Waals surface area contributed by atoms with E-state index >= 15 is 0 Å². The summed E-state index contributed by atoms with van der Waals surface area (Å²) in [5.74, 6) is 3.57. The normalized spacial score (nSPS) is 13.3. The Balaban J connectivity index is 4.03. The highest BCUT2D eigenvalue weighted by atomic mass is 32.2. The summed E-state index contributed by atoms with van der Waals surface area (Å²) in [7, 11) is 0. The van der Waals surface area contributed by atoms with E-state index in [0.29, 0.717) is 17.5 Å². The highest BCUT2D eigenvalue weighted by Crippen LogP contribution is 2.13. The quantitative estimate of drug-likeness (QED) is 0.629. The van der Waals surface area contributed by atoms with Crippen LogP contribution in [0.15, 0.2) is 0 Å². The van der Waals surface area contributed by atoms with Crippen molar-refractivity contribution in [3.8, 4) is 0 Å². The third-order valence-electron chi connectivity index (χ3n) is 2.18. The van der Waals surface area contributed by atoms with Gasteiger partial charge in [0.2, 0.25) is 0 Å². The first-order chi connectivity index (χ1) is 8.70. The molecular formula is C14H27NO2S2. The molecule has 112 valence electrons. The van der Waals surface area contributed by atoms with Crippen molar-refractivity contribution in [2.45, 2.75) is 52.6 Å². The fourth-order valence-corrected chi connectivity index (χ4v) is 3.42. The Kier molecular flexibility index (Phi) is 9.83. The molecule has 0 saturated carbocycles. The van der Waals surface area contributed by atoms with Gasteiger partial charge in [-0.15, -0.1) is 0 Å². The van der Waals surface area contributed by atoms with Crippen LogP contribution in [0.3, 0.4) is 0 Å². The van der Waals surface area contributed by atoms with Gasteiger partial charge < -0.3 is 5.32 Å². The molecule has 1 atom stereocenters. The highest BCUT2D eigenvalue weighted by Gasteiger charge is 2.17. The average Bonchev–Trinajstić information content (AvgIpc) is 2.21. The minimum absolute atomic E-state index is 0.0761. The minimum atomic E-state index is 0.0761. The molecule has 0 amide bonds. The van der Waals surface area contributed by atoms with E-state index in [9.17, 15) is 9.59 Å². The van der Waals surface area contributed by atoms with E-state index in [1.807, 2.05) is 0 Å². The van der Waals surface area contributed by atoms with Crippen molar-refractivity contribution in [1.29, 1.82) is 0 Å². The van der Waals surface area contributed by atoms with Crippen LogP contribution in [0.2, 0.25) is 0 Å². The van der Waals surface area contributed by atoms with E-state index < -0.39 is 0 Å². The van der Waals surface area contributed by atoms with Gasteiger partial charge >= 0.3 is 0 Å². The molecule has 0 aliphatic heterocycles. The maximum atomic E-state index is 11.0. The summed E-state index contributed by atoms with van der Waals surface area (Å²) in [5.41, 5.74) is 0.0761. The highest BCUT2D eigenvalue weighted by molar-refractivity contribution is 8.00. The van der Waals surface area contributed by atoms with Crippen molar-refractivity contribution in [2.24, 2.45) is 0 Å². The van der Waals surface area contributed by atoms with Crippen LogP contribution in [0.4, 0.5) is 0 Å². The molecule has 0 aromatic carbocycles. The number of nitrogens with one attached hydrogen (secondary N) is 1. The predicted molar refractivity (Wildman–Crippen MR) is 87.3 cm³/mol.